The molecule has 2 aromatic carbocycles. The molecule has 110 valence electrons. The van der Waals surface area contributed by atoms with E-state index in [0.29, 0.717) is 0 Å². The number of carbonyl (C=O) groups excluding carboxylic acids is 1. The predicted molar refractivity (Wildman–Crippen MR) is 91.3 cm³/mol. The fraction of sp³-hybridized carbons (Fsp3) is 0.278. The van der Waals surface area contributed by atoms with Crippen LogP contribution in [0.1, 0.15) is 34.8 Å². The second kappa shape index (κ2) is 7.32. The van der Waals surface area contributed by atoms with Crippen LogP contribution >= 0.6 is 11.8 Å². The van der Waals surface area contributed by atoms with Crippen LogP contribution in [0.15, 0.2) is 47.4 Å². The van der Waals surface area contributed by atoms with E-state index in [-0.39, 0.29) is 5.91 Å². The van der Waals surface area contributed by atoms with Gasteiger partial charge in [0, 0.05) is 10.6 Å². The summed E-state index contributed by atoms with van der Waals surface area (Å²) in [6.45, 7) is 6.18. The molecule has 0 saturated heterocycles. The zero-order chi connectivity index (χ0) is 15.2. The molecule has 0 atom stereocenters. The van der Waals surface area contributed by atoms with E-state index >= 15 is 0 Å². The van der Waals surface area contributed by atoms with Gasteiger partial charge in [-0.3, -0.25) is 4.79 Å². The Morgan fingerprint density at radius 1 is 1.14 bits per heavy atom. The minimum Gasteiger partial charge on any atom is -0.322 e. The molecule has 0 bridgehead atoms. The van der Waals surface area contributed by atoms with Crippen LogP contribution in [0.4, 0.5) is 5.69 Å². The van der Waals surface area contributed by atoms with Gasteiger partial charge < -0.3 is 5.32 Å². The Labute approximate surface area is 131 Å². The van der Waals surface area contributed by atoms with E-state index in [4.69, 9.17) is 0 Å². The van der Waals surface area contributed by atoms with Crippen molar-refractivity contribution in [1.82, 2.24) is 0 Å². The van der Waals surface area contributed by atoms with Gasteiger partial charge in [-0.2, -0.15) is 0 Å². The summed E-state index contributed by atoms with van der Waals surface area (Å²) in [5.74, 6) is 0.983. The van der Waals surface area contributed by atoms with Crippen LogP contribution in [0.5, 0.6) is 0 Å². The highest BCUT2D eigenvalue weighted by atomic mass is 32.2. The maximum absolute atomic E-state index is 12.5. The molecule has 0 spiro atoms. The van der Waals surface area contributed by atoms with E-state index in [2.05, 4.69) is 18.3 Å². The molecule has 0 unspecified atom stereocenters. The first kappa shape index (κ1) is 15.6. The van der Waals surface area contributed by atoms with Crippen molar-refractivity contribution in [2.45, 2.75) is 32.1 Å². The predicted octanol–water partition coefficient (Wildman–Crippen LogP) is 5.06. The quantitative estimate of drug-likeness (QED) is 0.782. The van der Waals surface area contributed by atoms with E-state index in [1.807, 2.05) is 50.2 Å². The molecular formula is C18H21NOS. The number of carbonyl (C=O) groups is 1. The molecule has 3 heteroatoms. The number of aryl methyl sites for hydroxylation is 2. The highest BCUT2D eigenvalue weighted by molar-refractivity contribution is 7.99. The van der Waals surface area contributed by atoms with Gasteiger partial charge in [-0.25, -0.2) is 0 Å². The summed E-state index contributed by atoms with van der Waals surface area (Å²) in [6.07, 6.45) is 1.09. The second-order valence-corrected chi connectivity index (χ2v) is 6.25. The fourth-order valence-corrected chi connectivity index (χ4v) is 2.97. The van der Waals surface area contributed by atoms with Crippen molar-refractivity contribution in [3.63, 3.8) is 0 Å². The van der Waals surface area contributed by atoms with Gasteiger partial charge in [0.15, 0.2) is 0 Å². The Morgan fingerprint density at radius 2 is 1.90 bits per heavy atom. The van der Waals surface area contributed by atoms with Crippen molar-refractivity contribution in [1.29, 1.82) is 0 Å². The van der Waals surface area contributed by atoms with E-state index in [1.165, 1.54) is 0 Å². The van der Waals surface area contributed by atoms with E-state index in [0.717, 1.165) is 39.4 Å². The van der Waals surface area contributed by atoms with Gasteiger partial charge in [0.25, 0.3) is 5.91 Å². The Hall–Kier alpha value is -1.74. The molecule has 0 fully saturated rings. The normalized spacial score (nSPS) is 10.4. The molecule has 2 nitrogen and oxygen atoms in total. The lowest BCUT2D eigenvalue weighted by Crippen LogP contribution is -2.14. The number of benzene rings is 2. The molecule has 0 aliphatic rings. The number of hydrogen-bond donors (Lipinski definition) is 1. The average Bonchev–Trinajstić information content (AvgIpc) is 2.49. The Kier molecular flexibility index (Phi) is 5.45. The monoisotopic (exact) mass is 299 g/mol. The van der Waals surface area contributed by atoms with Crippen LogP contribution in [0.25, 0.3) is 0 Å². The van der Waals surface area contributed by atoms with Crippen molar-refractivity contribution < 1.29 is 4.79 Å². The Balaban J connectivity index is 2.22. The second-order valence-electron chi connectivity index (χ2n) is 5.12. The molecule has 0 radical (unpaired) electrons. The number of hydrogen-bond acceptors (Lipinski definition) is 2. The topological polar surface area (TPSA) is 29.1 Å². The molecule has 2 rings (SSSR count). The maximum Gasteiger partial charge on any atom is 0.256 e. The van der Waals surface area contributed by atoms with Crippen LogP contribution in [-0.2, 0) is 0 Å². The van der Waals surface area contributed by atoms with Crippen molar-refractivity contribution in [3.05, 3.63) is 59.2 Å². The molecule has 0 aliphatic heterocycles. The van der Waals surface area contributed by atoms with Crippen molar-refractivity contribution in [2.75, 3.05) is 11.1 Å². The molecular weight excluding hydrogens is 278 g/mol. The molecule has 1 amide bonds. The highest BCUT2D eigenvalue weighted by Gasteiger charge is 2.12. The first-order chi connectivity index (χ1) is 10.1. The summed E-state index contributed by atoms with van der Waals surface area (Å²) in [7, 11) is 0. The molecule has 21 heavy (non-hydrogen) atoms. The number of nitrogens with one attached hydrogen (secondary N) is 1. The molecule has 0 aromatic heterocycles. The van der Waals surface area contributed by atoms with Gasteiger partial charge in [0.05, 0.1) is 5.56 Å². The van der Waals surface area contributed by atoms with Gasteiger partial charge in [-0.15, -0.1) is 11.8 Å². The van der Waals surface area contributed by atoms with Gasteiger partial charge in [0.1, 0.15) is 0 Å². The SMILES string of the molecule is CCCSc1ccccc1C(=O)Nc1cc(C)ccc1C. The fourth-order valence-electron chi connectivity index (χ4n) is 2.05. The van der Waals surface area contributed by atoms with E-state index < -0.39 is 0 Å². The first-order valence-corrected chi connectivity index (χ1v) is 8.21. The molecule has 2 aromatic rings. The Morgan fingerprint density at radius 3 is 2.67 bits per heavy atom. The standard InChI is InChI=1S/C18H21NOS/c1-4-11-21-17-8-6-5-7-15(17)18(20)19-16-12-13(2)9-10-14(16)3/h5-10,12H,4,11H2,1-3H3,(H,19,20). The van der Waals surface area contributed by atoms with Crippen LogP contribution in [-0.4, -0.2) is 11.7 Å². The lowest BCUT2D eigenvalue weighted by atomic mass is 10.1. The smallest absolute Gasteiger partial charge is 0.256 e. The Bertz CT molecular complexity index is 637. The van der Waals surface area contributed by atoms with E-state index in [1.54, 1.807) is 11.8 Å². The summed E-state index contributed by atoms with van der Waals surface area (Å²) in [5, 5.41) is 3.03. The number of rotatable bonds is 5. The third-order valence-electron chi connectivity index (χ3n) is 3.23. The van der Waals surface area contributed by atoms with Gasteiger partial charge >= 0.3 is 0 Å². The molecule has 0 heterocycles. The van der Waals surface area contributed by atoms with Crippen molar-refractivity contribution >= 4 is 23.4 Å². The number of anilines is 1. The minimum atomic E-state index is -0.0390. The van der Waals surface area contributed by atoms with Crippen LogP contribution in [0.2, 0.25) is 0 Å². The minimum absolute atomic E-state index is 0.0390. The zero-order valence-corrected chi connectivity index (χ0v) is 13.6. The lowest BCUT2D eigenvalue weighted by Gasteiger charge is -2.12. The third-order valence-corrected chi connectivity index (χ3v) is 4.51. The summed E-state index contributed by atoms with van der Waals surface area (Å²) in [6, 6.07) is 13.9. The summed E-state index contributed by atoms with van der Waals surface area (Å²) in [4.78, 5) is 13.6. The first-order valence-electron chi connectivity index (χ1n) is 7.22. The average molecular weight is 299 g/mol. The summed E-state index contributed by atoms with van der Waals surface area (Å²) < 4.78 is 0. The van der Waals surface area contributed by atoms with Crippen LogP contribution in [0.3, 0.4) is 0 Å². The largest absolute Gasteiger partial charge is 0.322 e. The van der Waals surface area contributed by atoms with Crippen molar-refractivity contribution in [2.24, 2.45) is 0 Å². The van der Waals surface area contributed by atoms with Gasteiger partial charge in [-0.05, 0) is 55.3 Å². The van der Waals surface area contributed by atoms with E-state index in [9.17, 15) is 4.79 Å². The number of thioether (sulfide) groups is 1. The zero-order valence-electron chi connectivity index (χ0n) is 12.8. The molecule has 0 aliphatic carbocycles. The lowest BCUT2D eigenvalue weighted by molar-refractivity contribution is 0.102. The summed E-state index contributed by atoms with van der Waals surface area (Å²) in [5.41, 5.74) is 3.85. The van der Waals surface area contributed by atoms with Crippen LogP contribution in [0, 0.1) is 13.8 Å². The third kappa shape index (κ3) is 4.11. The van der Waals surface area contributed by atoms with Gasteiger partial charge in [0.2, 0.25) is 0 Å². The maximum atomic E-state index is 12.5. The van der Waals surface area contributed by atoms with Crippen LogP contribution < -0.4 is 5.32 Å². The highest BCUT2D eigenvalue weighted by Crippen LogP contribution is 2.25. The summed E-state index contributed by atoms with van der Waals surface area (Å²) >= 11 is 1.73. The van der Waals surface area contributed by atoms with Crippen molar-refractivity contribution in [3.8, 4) is 0 Å². The molecule has 0 saturated carbocycles. The van der Waals surface area contributed by atoms with Gasteiger partial charge in [-0.1, -0.05) is 31.2 Å². The molecule has 1 N–H and O–H groups in total. The number of amides is 1.